The van der Waals surface area contributed by atoms with Gasteiger partial charge < -0.3 is 9.80 Å². The van der Waals surface area contributed by atoms with Crippen LogP contribution in [-0.2, 0) is 0 Å². The molecule has 0 aromatic heterocycles. The Morgan fingerprint density at radius 3 is 1.37 bits per heavy atom. The highest BCUT2D eigenvalue weighted by molar-refractivity contribution is 7.00. The van der Waals surface area contributed by atoms with Crippen LogP contribution in [0.3, 0.4) is 0 Å². The Bertz CT molecular complexity index is 1980. The third kappa shape index (κ3) is 3.70. The Morgan fingerprint density at radius 2 is 0.907 bits per heavy atom. The fraction of sp³-hybridized carbons (Fsp3) is 0. The van der Waals surface area contributed by atoms with E-state index in [0.717, 1.165) is 39.7 Å². The molecule has 0 radical (unpaired) electrons. The van der Waals surface area contributed by atoms with Crippen LogP contribution in [0.1, 0.15) is 11.1 Å². The van der Waals surface area contributed by atoms with Crippen LogP contribution in [0.15, 0.2) is 140 Å². The number of nitrogens with zero attached hydrogens (tertiary/aromatic N) is 4. The van der Waals surface area contributed by atoms with E-state index in [9.17, 15) is 10.5 Å². The molecule has 2 heterocycles. The minimum Gasteiger partial charge on any atom is -0.311 e. The highest BCUT2D eigenvalue weighted by Gasteiger charge is 2.43. The number of rotatable bonds is 3. The third-order valence-corrected chi connectivity index (χ3v) is 8.51. The van der Waals surface area contributed by atoms with Gasteiger partial charge in [-0.05, 0) is 82.6 Å². The molecule has 6 aromatic rings. The number of para-hydroxylation sites is 4. The summed E-state index contributed by atoms with van der Waals surface area (Å²) in [5, 5.41) is 20.3. The van der Waals surface area contributed by atoms with Gasteiger partial charge in [0, 0.05) is 39.7 Å². The molecule has 8 rings (SSSR count). The maximum atomic E-state index is 10.2. The van der Waals surface area contributed by atoms with Gasteiger partial charge in [-0.1, -0.05) is 78.9 Å². The summed E-state index contributed by atoms with van der Waals surface area (Å²) in [5.41, 5.74) is 12.5. The second-order valence-electron chi connectivity index (χ2n) is 10.8. The van der Waals surface area contributed by atoms with Crippen molar-refractivity contribution in [3.8, 4) is 23.3 Å². The molecule has 0 saturated carbocycles. The number of fused-ring (bicyclic) bond motifs is 4. The maximum absolute atomic E-state index is 10.2. The Labute approximate surface area is 251 Å². The van der Waals surface area contributed by atoms with Crippen molar-refractivity contribution < 1.29 is 0 Å². The Balaban J connectivity index is 1.54. The van der Waals surface area contributed by atoms with Gasteiger partial charge in [0.2, 0.25) is 0 Å². The molecule has 0 fully saturated rings. The fourth-order valence-electron chi connectivity index (χ4n) is 6.80. The van der Waals surface area contributed by atoms with Crippen molar-refractivity contribution in [2.24, 2.45) is 0 Å². The standard InChI is InChI=1S/C38H23BN4/c40-24-26-12-11-13-27(25-41)37(26)28-22-35-38-36(23-28)43(30-16-5-2-6-17-30)34-21-10-8-19-32(34)39(38)31-18-7-9-20-33(31)42(35)29-14-3-1-4-15-29/h1-23H. The van der Waals surface area contributed by atoms with Crippen LogP contribution in [0.4, 0.5) is 34.1 Å². The molecule has 5 heteroatoms. The maximum Gasteiger partial charge on any atom is 0.252 e. The normalized spacial score (nSPS) is 12.5. The minimum atomic E-state index is 0.00743. The molecule has 0 saturated heterocycles. The zero-order valence-corrected chi connectivity index (χ0v) is 23.1. The summed E-state index contributed by atoms with van der Waals surface area (Å²) < 4.78 is 0. The molecule has 0 aliphatic carbocycles. The van der Waals surface area contributed by atoms with Crippen molar-refractivity contribution >= 4 is 57.2 Å². The van der Waals surface area contributed by atoms with E-state index in [0.29, 0.717) is 16.7 Å². The summed E-state index contributed by atoms with van der Waals surface area (Å²) in [5.74, 6) is 0. The molecular formula is C38H23BN4. The van der Waals surface area contributed by atoms with Gasteiger partial charge in [-0.25, -0.2) is 0 Å². The zero-order chi connectivity index (χ0) is 28.9. The first-order chi connectivity index (χ1) is 21.3. The van der Waals surface area contributed by atoms with Crippen molar-refractivity contribution in [1.29, 1.82) is 10.5 Å². The van der Waals surface area contributed by atoms with Crippen molar-refractivity contribution in [3.63, 3.8) is 0 Å². The van der Waals surface area contributed by atoms with Crippen LogP contribution < -0.4 is 26.2 Å². The van der Waals surface area contributed by atoms with Crippen molar-refractivity contribution in [3.05, 3.63) is 151 Å². The van der Waals surface area contributed by atoms with E-state index in [1.54, 1.807) is 18.2 Å². The molecular weight excluding hydrogens is 523 g/mol. The van der Waals surface area contributed by atoms with Crippen molar-refractivity contribution in [2.75, 3.05) is 9.80 Å². The van der Waals surface area contributed by atoms with Crippen LogP contribution in [0.2, 0.25) is 0 Å². The SMILES string of the molecule is N#Cc1cccc(C#N)c1-c1cc2c3c(c1)N(c1ccccc1)c1ccccc1B3c1ccccc1N2c1ccccc1. The first-order valence-electron chi connectivity index (χ1n) is 14.3. The lowest BCUT2D eigenvalue weighted by atomic mass is 9.33. The molecule has 0 atom stereocenters. The lowest BCUT2D eigenvalue weighted by molar-refractivity contribution is 1.25. The summed E-state index contributed by atoms with van der Waals surface area (Å²) in [7, 11) is 0. The number of nitriles is 2. The van der Waals surface area contributed by atoms with Crippen LogP contribution >= 0.6 is 0 Å². The summed E-state index contributed by atoms with van der Waals surface area (Å²) in [6.07, 6.45) is 0. The summed E-state index contributed by atoms with van der Waals surface area (Å²) >= 11 is 0. The number of anilines is 6. The van der Waals surface area contributed by atoms with Crippen molar-refractivity contribution in [2.45, 2.75) is 0 Å². The second-order valence-corrected chi connectivity index (χ2v) is 10.8. The van der Waals surface area contributed by atoms with Gasteiger partial charge in [0.05, 0.1) is 23.3 Å². The second kappa shape index (κ2) is 9.81. The van der Waals surface area contributed by atoms with E-state index < -0.39 is 0 Å². The molecule has 0 spiro atoms. The number of hydrogen-bond donors (Lipinski definition) is 0. The van der Waals surface area contributed by atoms with Gasteiger partial charge in [0.1, 0.15) is 0 Å². The topological polar surface area (TPSA) is 54.1 Å². The molecule has 0 bridgehead atoms. The first kappa shape index (κ1) is 24.7. The Morgan fingerprint density at radius 1 is 0.465 bits per heavy atom. The van der Waals surface area contributed by atoms with E-state index >= 15 is 0 Å². The van der Waals surface area contributed by atoms with Crippen LogP contribution in [0, 0.1) is 22.7 Å². The third-order valence-electron chi connectivity index (χ3n) is 8.51. The van der Waals surface area contributed by atoms with Crippen LogP contribution in [0.5, 0.6) is 0 Å². The number of hydrogen-bond acceptors (Lipinski definition) is 4. The average Bonchev–Trinajstić information content (AvgIpc) is 3.08. The van der Waals surface area contributed by atoms with Gasteiger partial charge in [0.25, 0.3) is 6.71 Å². The van der Waals surface area contributed by atoms with Gasteiger partial charge in [-0.15, -0.1) is 0 Å². The smallest absolute Gasteiger partial charge is 0.252 e. The van der Waals surface area contributed by atoms with Crippen LogP contribution in [-0.4, -0.2) is 6.71 Å². The highest BCUT2D eigenvalue weighted by Crippen LogP contribution is 2.46. The lowest BCUT2D eigenvalue weighted by Gasteiger charge is -2.44. The Kier molecular flexibility index (Phi) is 5.64. The minimum absolute atomic E-state index is 0.00743. The monoisotopic (exact) mass is 546 g/mol. The van der Waals surface area contributed by atoms with Crippen molar-refractivity contribution in [1.82, 2.24) is 0 Å². The summed E-state index contributed by atoms with van der Waals surface area (Å²) in [4.78, 5) is 4.65. The van der Waals surface area contributed by atoms with E-state index in [1.807, 2.05) is 12.1 Å². The van der Waals surface area contributed by atoms with Gasteiger partial charge >= 0.3 is 0 Å². The molecule has 2 aliphatic rings. The first-order valence-corrected chi connectivity index (χ1v) is 14.3. The quantitative estimate of drug-likeness (QED) is 0.220. The van der Waals surface area contributed by atoms with E-state index in [4.69, 9.17) is 0 Å². The number of benzene rings is 6. The van der Waals surface area contributed by atoms with Gasteiger partial charge in [-0.3, -0.25) is 0 Å². The largest absolute Gasteiger partial charge is 0.311 e. The molecule has 4 nitrogen and oxygen atoms in total. The van der Waals surface area contributed by atoms with Gasteiger partial charge in [-0.2, -0.15) is 10.5 Å². The lowest BCUT2D eigenvalue weighted by Crippen LogP contribution is -2.61. The van der Waals surface area contributed by atoms with Gasteiger partial charge in [0.15, 0.2) is 0 Å². The molecule has 198 valence electrons. The molecule has 43 heavy (non-hydrogen) atoms. The van der Waals surface area contributed by atoms with E-state index in [2.05, 4.69) is 131 Å². The fourth-order valence-corrected chi connectivity index (χ4v) is 6.80. The molecule has 2 aliphatic heterocycles. The average molecular weight is 546 g/mol. The van der Waals surface area contributed by atoms with Crippen LogP contribution in [0.25, 0.3) is 11.1 Å². The summed E-state index contributed by atoms with van der Waals surface area (Å²) in [6, 6.07) is 52.5. The summed E-state index contributed by atoms with van der Waals surface area (Å²) in [6.45, 7) is 0.00743. The molecule has 0 N–H and O–H groups in total. The highest BCUT2D eigenvalue weighted by atomic mass is 15.2. The van der Waals surface area contributed by atoms with E-state index in [1.165, 1.54) is 16.4 Å². The molecule has 0 amide bonds. The molecule has 0 unspecified atom stereocenters. The zero-order valence-electron chi connectivity index (χ0n) is 23.1. The van der Waals surface area contributed by atoms with E-state index in [-0.39, 0.29) is 6.71 Å². The predicted octanol–water partition coefficient (Wildman–Crippen LogP) is 7.18. The predicted molar refractivity (Wildman–Crippen MR) is 175 cm³/mol. The Hall–Kier alpha value is -6.04. The molecule has 6 aromatic carbocycles.